The lowest BCUT2D eigenvalue weighted by atomic mass is 10.2. The van der Waals surface area contributed by atoms with Gasteiger partial charge in [-0.25, -0.2) is 4.39 Å². The Kier molecular flexibility index (Phi) is 5.81. The van der Waals surface area contributed by atoms with Crippen LogP contribution in [0.4, 0.5) is 4.39 Å². The highest BCUT2D eigenvalue weighted by atomic mass is 32.2. The number of aryl methyl sites for hydroxylation is 1. The van der Waals surface area contributed by atoms with Gasteiger partial charge < -0.3 is 0 Å². The van der Waals surface area contributed by atoms with E-state index in [9.17, 15) is 4.39 Å². The molecule has 2 heteroatoms. The summed E-state index contributed by atoms with van der Waals surface area (Å²) in [5.41, 5.74) is 1.01. The summed E-state index contributed by atoms with van der Waals surface area (Å²) in [6.07, 6.45) is 1.88. The van der Waals surface area contributed by atoms with Crippen molar-refractivity contribution in [2.45, 2.75) is 25.7 Å². The summed E-state index contributed by atoms with van der Waals surface area (Å²) in [6.45, 7) is 5.91. The number of rotatable bonds is 1. The number of hydrogen-bond donors (Lipinski definition) is 0. The molecule has 0 unspecified atom stereocenters. The molecule has 0 N–H and O–H groups in total. The lowest BCUT2D eigenvalue weighted by Gasteiger charge is -2.01. The van der Waals surface area contributed by atoms with E-state index in [0.717, 1.165) is 10.5 Å². The molecule has 0 saturated carbocycles. The number of hydrogen-bond acceptors (Lipinski definition) is 1. The van der Waals surface area contributed by atoms with E-state index in [-0.39, 0.29) is 7.24 Å². The maximum Gasteiger partial charge on any atom is 0.137 e. The van der Waals surface area contributed by atoms with E-state index in [4.69, 9.17) is 0 Å². The van der Waals surface area contributed by atoms with Crippen LogP contribution in [0.15, 0.2) is 23.1 Å². The van der Waals surface area contributed by atoms with Crippen molar-refractivity contribution in [2.75, 3.05) is 6.26 Å². The van der Waals surface area contributed by atoms with E-state index in [1.165, 1.54) is 17.8 Å². The first-order valence-corrected chi connectivity index (χ1v) is 5.27. The summed E-state index contributed by atoms with van der Waals surface area (Å²) in [6, 6.07) is 5.12. The molecule has 0 radical (unpaired) electrons. The molecule has 1 rings (SSSR count). The van der Waals surface area contributed by atoms with Crippen molar-refractivity contribution >= 4 is 11.8 Å². The van der Waals surface area contributed by atoms with E-state index in [1.807, 2.05) is 33.1 Å². The Labute approximate surface area is 79.7 Å². The number of benzene rings is 1. The second kappa shape index (κ2) is 6.06. The molecule has 70 valence electrons. The minimum absolute atomic E-state index is 0. The molecule has 0 heterocycles. The van der Waals surface area contributed by atoms with Gasteiger partial charge in [0.1, 0.15) is 5.82 Å². The molecule has 0 spiro atoms. The molecular formula is C10H17FS. The first-order valence-electron chi connectivity index (χ1n) is 4.05. The summed E-state index contributed by atoms with van der Waals surface area (Å²) in [7, 11) is 0. The van der Waals surface area contributed by atoms with Gasteiger partial charge in [-0.3, -0.25) is 0 Å². The zero-order valence-electron chi connectivity index (χ0n) is 8.02. The van der Waals surface area contributed by atoms with Gasteiger partial charge in [-0.05, 0) is 24.8 Å². The SMILES string of the molecule is CC.CSc1c(C)cccc1F.[HH]. The number of halogens is 1. The fraction of sp³-hybridized carbons (Fsp3) is 0.400. The van der Waals surface area contributed by atoms with E-state index in [2.05, 4.69) is 0 Å². The third kappa shape index (κ3) is 2.86. The Morgan fingerprint density at radius 1 is 1.33 bits per heavy atom. The molecule has 0 aliphatic carbocycles. The molecule has 12 heavy (non-hydrogen) atoms. The molecule has 0 amide bonds. The Bertz CT molecular complexity index is 218. The lowest BCUT2D eigenvalue weighted by molar-refractivity contribution is 0.599. The van der Waals surface area contributed by atoms with E-state index < -0.39 is 0 Å². The summed E-state index contributed by atoms with van der Waals surface area (Å²) < 4.78 is 12.8. The Balaban J connectivity index is 0. The highest BCUT2D eigenvalue weighted by Gasteiger charge is 2.01. The molecule has 1 aromatic rings. The third-order valence-corrected chi connectivity index (χ3v) is 2.29. The largest absolute Gasteiger partial charge is 0.206 e. The van der Waals surface area contributed by atoms with Gasteiger partial charge in [0.05, 0.1) is 0 Å². The molecule has 0 aromatic heterocycles. The number of thioether (sulfide) groups is 1. The maximum absolute atomic E-state index is 12.8. The van der Waals surface area contributed by atoms with Crippen LogP contribution in [0.5, 0.6) is 0 Å². The fourth-order valence-corrected chi connectivity index (χ4v) is 1.53. The maximum atomic E-state index is 12.8. The van der Waals surface area contributed by atoms with Crippen LogP contribution in [0, 0.1) is 12.7 Å². The van der Waals surface area contributed by atoms with Gasteiger partial charge in [0.15, 0.2) is 0 Å². The van der Waals surface area contributed by atoms with Crippen molar-refractivity contribution in [3.05, 3.63) is 29.6 Å². The second-order valence-electron chi connectivity index (χ2n) is 2.09. The predicted molar refractivity (Wildman–Crippen MR) is 56.4 cm³/mol. The molecule has 0 fully saturated rings. The van der Waals surface area contributed by atoms with Gasteiger partial charge in [-0.1, -0.05) is 26.0 Å². The van der Waals surface area contributed by atoms with Crippen LogP contribution in [0.1, 0.15) is 20.8 Å². The van der Waals surface area contributed by atoms with Gasteiger partial charge in [0, 0.05) is 6.32 Å². The van der Waals surface area contributed by atoms with Crippen molar-refractivity contribution in [1.82, 2.24) is 0 Å². The van der Waals surface area contributed by atoms with Crippen LogP contribution in [0.3, 0.4) is 0 Å². The van der Waals surface area contributed by atoms with Crippen molar-refractivity contribution in [3.63, 3.8) is 0 Å². The summed E-state index contributed by atoms with van der Waals surface area (Å²) in [5.74, 6) is -0.118. The van der Waals surface area contributed by atoms with Gasteiger partial charge >= 0.3 is 0 Å². The standard InChI is InChI=1S/C8H9FS.C2H6.H2/c1-6-4-3-5-7(9)8(6)10-2;1-2;/h3-5H,1-2H3;1-2H3;1H. The first kappa shape index (κ1) is 11.5. The van der Waals surface area contributed by atoms with Gasteiger partial charge in [-0.2, -0.15) is 0 Å². The molecule has 1 aromatic carbocycles. The smallest absolute Gasteiger partial charge is 0.137 e. The first-order chi connectivity index (χ1) is 5.75. The molecule has 0 nitrogen and oxygen atoms in total. The Morgan fingerprint density at radius 2 is 1.92 bits per heavy atom. The van der Waals surface area contributed by atoms with Crippen LogP contribution in [0.2, 0.25) is 0 Å². The summed E-state index contributed by atoms with van der Waals surface area (Å²) in [4.78, 5) is 0.752. The molecule has 0 bridgehead atoms. The van der Waals surface area contributed by atoms with Crippen molar-refractivity contribution in [2.24, 2.45) is 0 Å². The van der Waals surface area contributed by atoms with Gasteiger partial charge in [-0.15, -0.1) is 11.8 Å². The predicted octanol–water partition coefficient (Wildman–Crippen LogP) is 4.13. The summed E-state index contributed by atoms with van der Waals surface area (Å²) in [5, 5.41) is 0. The summed E-state index contributed by atoms with van der Waals surface area (Å²) >= 11 is 1.45. The molecular weight excluding hydrogens is 171 g/mol. The van der Waals surface area contributed by atoms with E-state index in [1.54, 1.807) is 6.07 Å². The lowest BCUT2D eigenvalue weighted by Crippen LogP contribution is -1.83. The molecule has 0 aliphatic heterocycles. The van der Waals surface area contributed by atoms with E-state index in [0.29, 0.717) is 0 Å². The molecule has 0 atom stereocenters. The van der Waals surface area contributed by atoms with Crippen molar-refractivity contribution in [3.8, 4) is 0 Å². The second-order valence-corrected chi connectivity index (χ2v) is 2.91. The monoisotopic (exact) mass is 188 g/mol. The normalized spacial score (nSPS) is 8.75. The van der Waals surface area contributed by atoms with Crippen LogP contribution >= 0.6 is 11.8 Å². The van der Waals surface area contributed by atoms with Crippen LogP contribution in [-0.4, -0.2) is 6.26 Å². The minimum atomic E-state index is -0.118. The molecule has 0 saturated heterocycles. The van der Waals surface area contributed by atoms with Crippen molar-refractivity contribution < 1.29 is 5.82 Å². The van der Waals surface area contributed by atoms with Crippen LogP contribution in [0.25, 0.3) is 0 Å². The van der Waals surface area contributed by atoms with Crippen molar-refractivity contribution in [1.29, 1.82) is 0 Å². The van der Waals surface area contributed by atoms with E-state index >= 15 is 0 Å². The van der Waals surface area contributed by atoms with Crippen LogP contribution in [-0.2, 0) is 0 Å². The molecule has 0 aliphatic rings. The quantitative estimate of drug-likeness (QED) is 0.597. The fourth-order valence-electron chi connectivity index (χ4n) is 0.875. The zero-order chi connectivity index (χ0) is 9.56. The topological polar surface area (TPSA) is 0 Å². The Morgan fingerprint density at radius 3 is 2.25 bits per heavy atom. The van der Waals surface area contributed by atoms with Gasteiger partial charge in [0.25, 0.3) is 0 Å². The highest BCUT2D eigenvalue weighted by molar-refractivity contribution is 7.98. The highest BCUT2D eigenvalue weighted by Crippen LogP contribution is 2.22. The third-order valence-electron chi connectivity index (χ3n) is 1.37. The van der Waals surface area contributed by atoms with Crippen LogP contribution < -0.4 is 0 Å². The van der Waals surface area contributed by atoms with Gasteiger partial charge in [0.2, 0.25) is 0 Å². The average Bonchev–Trinajstić information content (AvgIpc) is 2.08. The minimum Gasteiger partial charge on any atom is -0.206 e. The average molecular weight is 188 g/mol. The Hall–Kier alpha value is -0.500. The zero-order valence-corrected chi connectivity index (χ0v) is 8.83.